The van der Waals surface area contributed by atoms with Gasteiger partial charge < -0.3 is 10.6 Å². The van der Waals surface area contributed by atoms with E-state index >= 15 is 0 Å². The standard InChI is InChI=1S/C22H20N2O2/c1-15-10-12-17(13-11-15)21(25)24-20-9-4-3-8-19(20)22(26)23-18-7-5-6-16(2)14-18/h3-14H,1-2H3,(H,23,26)(H,24,25). The molecule has 3 aromatic carbocycles. The van der Waals surface area contributed by atoms with E-state index < -0.39 is 0 Å². The summed E-state index contributed by atoms with van der Waals surface area (Å²) in [7, 11) is 0. The minimum atomic E-state index is -0.268. The van der Waals surface area contributed by atoms with E-state index in [4.69, 9.17) is 0 Å². The van der Waals surface area contributed by atoms with Crippen LogP contribution in [0.5, 0.6) is 0 Å². The van der Waals surface area contributed by atoms with E-state index in [2.05, 4.69) is 10.6 Å². The maximum absolute atomic E-state index is 12.6. The molecule has 4 heteroatoms. The van der Waals surface area contributed by atoms with Gasteiger partial charge in [0.1, 0.15) is 0 Å². The van der Waals surface area contributed by atoms with Crippen LogP contribution in [0.15, 0.2) is 72.8 Å². The van der Waals surface area contributed by atoms with E-state index in [1.165, 1.54) is 0 Å². The lowest BCUT2D eigenvalue weighted by Crippen LogP contribution is -2.18. The van der Waals surface area contributed by atoms with Crippen LogP contribution >= 0.6 is 0 Å². The van der Waals surface area contributed by atoms with E-state index in [0.717, 1.165) is 16.8 Å². The van der Waals surface area contributed by atoms with E-state index in [1.807, 2.05) is 50.2 Å². The summed E-state index contributed by atoms with van der Waals surface area (Å²) in [5, 5.41) is 5.69. The molecule has 3 aromatic rings. The Morgan fingerprint density at radius 1 is 0.692 bits per heavy atom. The number of anilines is 2. The second-order valence-corrected chi connectivity index (χ2v) is 6.19. The highest BCUT2D eigenvalue weighted by molar-refractivity contribution is 6.12. The molecule has 0 spiro atoms. The highest BCUT2D eigenvalue weighted by Crippen LogP contribution is 2.19. The summed E-state index contributed by atoms with van der Waals surface area (Å²) >= 11 is 0. The summed E-state index contributed by atoms with van der Waals surface area (Å²) in [6.45, 7) is 3.93. The first kappa shape index (κ1) is 17.4. The van der Waals surface area contributed by atoms with Crippen molar-refractivity contribution in [1.29, 1.82) is 0 Å². The number of nitrogens with one attached hydrogen (secondary N) is 2. The number of carbonyl (C=O) groups is 2. The van der Waals surface area contributed by atoms with Crippen molar-refractivity contribution in [2.75, 3.05) is 10.6 Å². The number of benzene rings is 3. The van der Waals surface area contributed by atoms with Gasteiger partial charge in [-0.25, -0.2) is 0 Å². The van der Waals surface area contributed by atoms with Gasteiger partial charge in [0.25, 0.3) is 11.8 Å². The molecule has 0 atom stereocenters. The van der Waals surface area contributed by atoms with E-state index in [1.54, 1.807) is 36.4 Å². The number of carbonyl (C=O) groups excluding carboxylic acids is 2. The number of rotatable bonds is 4. The monoisotopic (exact) mass is 344 g/mol. The van der Waals surface area contributed by atoms with Gasteiger partial charge in [0, 0.05) is 11.3 Å². The lowest BCUT2D eigenvalue weighted by molar-refractivity contribution is 0.102. The van der Waals surface area contributed by atoms with Crippen LogP contribution in [0.4, 0.5) is 11.4 Å². The fourth-order valence-electron chi connectivity index (χ4n) is 2.61. The van der Waals surface area contributed by atoms with Gasteiger partial charge in [-0.2, -0.15) is 0 Å². The van der Waals surface area contributed by atoms with Crippen molar-refractivity contribution >= 4 is 23.2 Å². The molecule has 2 amide bonds. The van der Waals surface area contributed by atoms with Crippen molar-refractivity contribution < 1.29 is 9.59 Å². The first-order chi connectivity index (χ1) is 12.5. The molecule has 0 aliphatic carbocycles. The average Bonchev–Trinajstić information content (AvgIpc) is 2.62. The van der Waals surface area contributed by atoms with Gasteiger partial charge in [-0.1, -0.05) is 42.0 Å². The van der Waals surface area contributed by atoms with E-state index in [-0.39, 0.29) is 11.8 Å². The van der Waals surface area contributed by atoms with Crippen LogP contribution in [0.2, 0.25) is 0 Å². The van der Waals surface area contributed by atoms with Gasteiger partial charge >= 0.3 is 0 Å². The molecule has 0 fully saturated rings. The third kappa shape index (κ3) is 4.16. The van der Waals surface area contributed by atoms with Gasteiger partial charge in [-0.3, -0.25) is 9.59 Å². The molecule has 0 saturated carbocycles. The summed E-state index contributed by atoms with van der Waals surface area (Å²) in [4.78, 5) is 25.1. The predicted molar refractivity (Wildman–Crippen MR) is 105 cm³/mol. The molecule has 4 nitrogen and oxygen atoms in total. The van der Waals surface area contributed by atoms with Gasteiger partial charge in [0.2, 0.25) is 0 Å². The number of para-hydroxylation sites is 1. The molecule has 0 heterocycles. The van der Waals surface area contributed by atoms with Crippen LogP contribution in [0.1, 0.15) is 31.8 Å². The molecule has 0 bridgehead atoms. The molecule has 0 aromatic heterocycles. The lowest BCUT2D eigenvalue weighted by atomic mass is 10.1. The smallest absolute Gasteiger partial charge is 0.257 e. The lowest BCUT2D eigenvalue weighted by Gasteiger charge is -2.12. The second-order valence-electron chi connectivity index (χ2n) is 6.19. The minimum Gasteiger partial charge on any atom is -0.322 e. The Hall–Kier alpha value is -3.40. The Balaban J connectivity index is 1.80. The highest BCUT2D eigenvalue weighted by Gasteiger charge is 2.14. The first-order valence-electron chi connectivity index (χ1n) is 8.38. The number of hydrogen-bond donors (Lipinski definition) is 2. The predicted octanol–water partition coefficient (Wildman–Crippen LogP) is 4.81. The van der Waals surface area contributed by atoms with Crippen molar-refractivity contribution in [2.45, 2.75) is 13.8 Å². The third-order valence-electron chi connectivity index (χ3n) is 4.01. The van der Waals surface area contributed by atoms with Gasteiger partial charge in [-0.05, 0) is 55.8 Å². The minimum absolute atomic E-state index is 0.249. The Morgan fingerprint density at radius 2 is 1.42 bits per heavy atom. The zero-order valence-corrected chi connectivity index (χ0v) is 14.7. The van der Waals surface area contributed by atoms with Crippen molar-refractivity contribution in [1.82, 2.24) is 0 Å². The largest absolute Gasteiger partial charge is 0.322 e. The molecule has 3 rings (SSSR count). The topological polar surface area (TPSA) is 58.2 Å². The molecule has 0 aliphatic heterocycles. The summed E-state index contributed by atoms with van der Waals surface area (Å²) in [5.41, 5.74) is 4.29. The fourth-order valence-corrected chi connectivity index (χ4v) is 2.61. The normalized spacial score (nSPS) is 10.2. The molecule has 0 unspecified atom stereocenters. The Morgan fingerprint density at radius 3 is 2.15 bits per heavy atom. The molecule has 2 N–H and O–H groups in total. The molecule has 0 radical (unpaired) electrons. The fraction of sp³-hybridized carbons (Fsp3) is 0.0909. The number of aryl methyl sites for hydroxylation is 2. The van der Waals surface area contributed by atoms with Gasteiger partial charge in [-0.15, -0.1) is 0 Å². The van der Waals surface area contributed by atoms with E-state index in [0.29, 0.717) is 16.8 Å². The average molecular weight is 344 g/mol. The molecule has 0 saturated heterocycles. The zero-order chi connectivity index (χ0) is 18.5. The SMILES string of the molecule is Cc1ccc(C(=O)Nc2ccccc2C(=O)Nc2cccc(C)c2)cc1. The molecule has 26 heavy (non-hydrogen) atoms. The van der Waals surface area contributed by atoms with Crippen LogP contribution in [-0.2, 0) is 0 Å². The summed E-state index contributed by atoms with van der Waals surface area (Å²) in [6.07, 6.45) is 0. The van der Waals surface area contributed by atoms with Crippen molar-refractivity contribution in [2.24, 2.45) is 0 Å². The zero-order valence-electron chi connectivity index (χ0n) is 14.7. The highest BCUT2D eigenvalue weighted by atomic mass is 16.2. The van der Waals surface area contributed by atoms with Crippen LogP contribution in [-0.4, -0.2) is 11.8 Å². The van der Waals surface area contributed by atoms with Crippen LogP contribution in [0.25, 0.3) is 0 Å². The Labute approximate surface area is 152 Å². The first-order valence-corrected chi connectivity index (χ1v) is 8.38. The quantitative estimate of drug-likeness (QED) is 0.714. The maximum Gasteiger partial charge on any atom is 0.257 e. The molecular formula is C22H20N2O2. The summed E-state index contributed by atoms with van der Waals surface area (Å²) in [6, 6.07) is 21.8. The Bertz CT molecular complexity index is 946. The van der Waals surface area contributed by atoms with Gasteiger partial charge in [0.05, 0.1) is 11.3 Å². The van der Waals surface area contributed by atoms with Crippen LogP contribution < -0.4 is 10.6 Å². The molecule has 130 valence electrons. The maximum atomic E-state index is 12.6. The Kier molecular flexibility index (Phi) is 5.13. The summed E-state index contributed by atoms with van der Waals surface area (Å²) < 4.78 is 0. The second kappa shape index (κ2) is 7.66. The summed E-state index contributed by atoms with van der Waals surface area (Å²) in [5.74, 6) is -0.517. The number of hydrogen-bond acceptors (Lipinski definition) is 2. The molecule has 0 aliphatic rings. The van der Waals surface area contributed by atoms with Crippen molar-refractivity contribution in [3.8, 4) is 0 Å². The van der Waals surface area contributed by atoms with Crippen molar-refractivity contribution in [3.05, 3.63) is 95.1 Å². The van der Waals surface area contributed by atoms with Crippen molar-refractivity contribution in [3.63, 3.8) is 0 Å². The van der Waals surface area contributed by atoms with Crippen LogP contribution in [0, 0.1) is 13.8 Å². The van der Waals surface area contributed by atoms with Crippen LogP contribution in [0.3, 0.4) is 0 Å². The third-order valence-corrected chi connectivity index (χ3v) is 4.01. The molecular weight excluding hydrogens is 324 g/mol. The van der Waals surface area contributed by atoms with E-state index in [9.17, 15) is 9.59 Å². The number of amides is 2. The van der Waals surface area contributed by atoms with Gasteiger partial charge in [0.15, 0.2) is 0 Å².